The van der Waals surface area contributed by atoms with Crippen LogP contribution < -0.4 is 47.9 Å². The van der Waals surface area contributed by atoms with Gasteiger partial charge in [-0.25, -0.2) is 28.4 Å². The third-order valence-corrected chi connectivity index (χ3v) is 16.8. The third-order valence-electron chi connectivity index (χ3n) is 15.9. The van der Waals surface area contributed by atoms with E-state index in [9.17, 15) is 8.42 Å². The summed E-state index contributed by atoms with van der Waals surface area (Å²) in [6.07, 6.45) is 17.4. The predicted octanol–water partition coefficient (Wildman–Crippen LogP) is 11.2. The van der Waals surface area contributed by atoms with E-state index in [2.05, 4.69) is 52.0 Å². The number of anilines is 6. The molecule has 27 heteroatoms. The molecule has 0 bridgehead atoms. The molecule has 13 aromatic rings. The summed E-state index contributed by atoms with van der Waals surface area (Å²) in [4.78, 5) is 38.8. The molecule has 0 saturated carbocycles. The number of rotatable bonds is 22. The normalized spacial score (nSPS) is 11.0. The van der Waals surface area contributed by atoms with Crippen LogP contribution in [0, 0.1) is 11.8 Å². The SMILES string of the molecule is COc1cc(OC)cc(N(CC#CCO)c2ccc3ncc(-c4cnn(C)c4)nc3c2)c1.COc1cc(OC)cc(N(CCS(C)(=O)=O)c2ccc3ncc(-c4cnn(C)c4)nc3c2)c1.COc1cc(OC)cc(N(Cc2cccc(OC)n2)c2ccc3ncc(-c4cnn(C)c4)nc3c2)c1. The van der Waals surface area contributed by atoms with Crippen molar-refractivity contribution in [2.75, 3.05) is 96.2 Å². The summed E-state index contributed by atoms with van der Waals surface area (Å²) in [5, 5.41) is 21.8. The van der Waals surface area contributed by atoms with Crippen LogP contribution in [0.2, 0.25) is 0 Å². The fourth-order valence-corrected chi connectivity index (χ4v) is 11.3. The minimum absolute atomic E-state index is 0.0219. The maximum Gasteiger partial charge on any atom is 0.213 e. The Morgan fingerprint density at radius 3 is 1.15 bits per heavy atom. The molecule has 0 amide bonds. The quantitative estimate of drug-likeness (QED) is 0.0617. The van der Waals surface area contributed by atoms with Crippen LogP contribution in [0.5, 0.6) is 40.4 Å². The van der Waals surface area contributed by atoms with Gasteiger partial charge in [0.15, 0.2) is 0 Å². The van der Waals surface area contributed by atoms with Crippen molar-refractivity contribution in [3.8, 4) is 86.0 Å². The topological polar surface area (TPSA) is 272 Å². The number of hydrogen-bond acceptors (Lipinski definition) is 23. The number of benzene rings is 6. The van der Waals surface area contributed by atoms with Gasteiger partial charge in [0.25, 0.3) is 0 Å². The standard InChI is InChI=1S/C27H26N6O3.C24H23N5O3.C23H25N5O4S/c1-32-16-18(14-29-32)26-15-28-24-9-8-20(12-25(24)31-26)33(17-19-6-5-7-27(30-19)36-4)21-10-22(34-2)13-23(11-21)35-3;1-28-16-17(14-26-28)24-15-25-22-7-6-18(12-23(22)27-24)29(8-4-5-9-30)19-10-20(31-2)13-21(11-19)32-3;1-27-15-16(13-25-27)23-14-24-21-6-5-17(11-22(21)26-23)28(7-8-33(4,29)30)18-9-19(31-2)12-20(10-18)32-3/h5-16H,17H2,1-4H3;6-7,10-16,30H,8-9H2,1-3H3;5-6,9-15H,7-8H2,1-4H3. The molecule has 7 heterocycles. The summed E-state index contributed by atoms with van der Waals surface area (Å²) in [6.45, 7) is 0.885. The van der Waals surface area contributed by atoms with Crippen molar-refractivity contribution in [3.63, 3.8) is 0 Å². The summed E-state index contributed by atoms with van der Waals surface area (Å²) in [7, 11) is 13.7. The molecule has 0 aliphatic heterocycles. The van der Waals surface area contributed by atoms with E-state index in [-0.39, 0.29) is 18.9 Å². The van der Waals surface area contributed by atoms with Crippen LogP contribution in [-0.2, 0) is 37.5 Å². The van der Waals surface area contributed by atoms with Crippen LogP contribution in [0.3, 0.4) is 0 Å². The minimum atomic E-state index is -3.19. The number of aliphatic hydroxyl groups is 1. The van der Waals surface area contributed by atoms with Gasteiger partial charge in [0, 0.05) is 164 Å². The van der Waals surface area contributed by atoms with Crippen molar-refractivity contribution in [2.45, 2.75) is 6.54 Å². The minimum Gasteiger partial charge on any atom is -0.497 e. The highest BCUT2D eigenvalue weighted by Crippen LogP contribution is 2.39. The Bertz CT molecular complexity index is 5180. The average molecular weight is 1380 g/mol. The van der Waals surface area contributed by atoms with E-state index in [4.69, 9.17) is 53.2 Å². The van der Waals surface area contributed by atoms with Gasteiger partial charge in [-0.15, -0.1) is 0 Å². The molecule has 0 radical (unpaired) electrons. The Morgan fingerprint density at radius 1 is 0.416 bits per heavy atom. The van der Waals surface area contributed by atoms with Crippen molar-refractivity contribution < 1.29 is 46.7 Å². The zero-order chi connectivity index (χ0) is 71.2. The predicted molar refractivity (Wildman–Crippen MR) is 389 cm³/mol. The molecule has 0 aliphatic carbocycles. The number of sulfone groups is 1. The molecule has 26 nitrogen and oxygen atoms in total. The smallest absolute Gasteiger partial charge is 0.213 e. The van der Waals surface area contributed by atoms with E-state index in [1.807, 2.05) is 171 Å². The van der Waals surface area contributed by atoms with Crippen molar-refractivity contribution in [2.24, 2.45) is 21.1 Å². The number of fused-ring (bicyclic) bond motifs is 3. The van der Waals surface area contributed by atoms with Crippen molar-refractivity contribution in [3.05, 3.63) is 189 Å². The Hall–Kier alpha value is -12.4. The molecule has 0 spiro atoms. The molecule has 0 atom stereocenters. The fraction of sp³-hybridized carbons (Fsp3) is 0.216. The van der Waals surface area contributed by atoms with E-state index in [1.54, 1.807) is 107 Å². The molecule has 0 aliphatic rings. The molecule has 0 unspecified atom stereocenters. The molecule has 101 heavy (non-hydrogen) atoms. The number of hydrogen-bond donors (Lipinski definition) is 1. The number of pyridine rings is 1. The van der Waals surface area contributed by atoms with Crippen LogP contribution >= 0.6 is 0 Å². The van der Waals surface area contributed by atoms with E-state index >= 15 is 0 Å². The first-order chi connectivity index (χ1) is 48.9. The molecule has 13 rings (SSSR count). The number of ether oxygens (including phenoxy) is 7. The number of methoxy groups -OCH3 is 7. The molecule has 516 valence electrons. The maximum atomic E-state index is 12.0. The van der Waals surface area contributed by atoms with E-state index in [0.717, 1.165) is 95.5 Å². The summed E-state index contributed by atoms with van der Waals surface area (Å²) >= 11 is 0. The Labute approximate surface area is 583 Å². The molecular weight excluding hydrogens is 1300 g/mol. The Kier molecular flexibility index (Phi) is 22.1. The van der Waals surface area contributed by atoms with Crippen LogP contribution in [0.4, 0.5) is 34.1 Å². The number of nitrogens with zero attached hydrogens (tertiary/aromatic N) is 16. The lowest BCUT2D eigenvalue weighted by Crippen LogP contribution is -2.24. The second kappa shape index (κ2) is 31.9. The molecular formula is C74H74N16O10S. The molecule has 6 aromatic carbocycles. The highest BCUT2D eigenvalue weighted by molar-refractivity contribution is 7.90. The van der Waals surface area contributed by atoms with Crippen LogP contribution in [0.25, 0.3) is 66.9 Å². The van der Waals surface area contributed by atoms with Crippen LogP contribution in [0.15, 0.2) is 183 Å². The second-order valence-electron chi connectivity index (χ2n) is 22.8. The zero-order valence-electron chi connectivity index (χ0n) is 57.5. The number of aryl methyl sites for hydroxylation is 3. The van der Waals surface area contributed by atoms with Crippen LogP contribution in [-0.4, -0.2) is 159 Å². The van der Waals surface area contributed by atoms with Crippen molar-refractivity contribution >= 4 is 77.1 Å². The van der Waals surface area contributed by atoms with Gasteiger partial charge >= 0.3 is 0 Å². The first-order valence-corrected chi connectivity index (χ1v) is 33.5. The highest BCUT2D eigenvalue weighted by atomic mass is 32.2. The largest absolute Gasteiger partial charge is 0.497 e. The summed E-state index contributed by atoms with van der Waals surface area (Å²) in [5.41, 5.74) is 15.3. The lowest BCUT2D eigenvalue weighted by atomic mass is 10.1. The summed E-state index contributed by atoms with van der Waals surface area (Å²) < 4.78 is 67.2. The summed E-state index contributed by atoms with van der Waals surface area (Å²) in [6, 6.07) is 40.1. The van der Waals surface area contributed by atoms with Gasteiger partial charge in [0.05, 0.1) is 162 Å². The first-order valence-electron chi connectivity index (χ1n) is 31.5. The van der Waals surface area contributed by atoms with E-state index in [1.165, 1.54) is 6.26 Å². The van der Waals surface area contributed by atoms with Crippen molar-refractivity contribution in [1.82, 2.24) is 64.2 Å². The third kappa shape index (κ3) is 17.5. The maximum absolute atomic E-state index is 12.0. The highest BCUT2D eigenvalue weighted by Gasteiger charge is 2.20. The zero-order valence-corrected chi connectivity index (χ0v) is 58.4. The number of aliphatic hydroxyl groups excluding tert-OH is 1. The average Bonchev–Trinajstić information content (AvgIpc) is 1.43. The molecule has 1 N–H and O–H groups in total. The van der Waals surface area contributed by atoms with E-state index in [0.29, 0.717) is 64.7 Å². The van der Waals surface area contributed by atoms with Crippen LogP contribution in [0.1, 0.15) is 5.69 Å². The lowest BCUT2D eigenvalue weighted by Gasteiger charge is -2.26. The van der Waals surface area contributed by atoms with Gasteiger partial charge in [-0.2, -0.15) is 15.3 Å². The second-order valence-corrected chi connectivity index (χ2v) is 25.1. The van der Waals surface area contributed by atoms with Gasteiger partial charge < -0.3 is 53.0 Å². The lowest BCUT2D eigenvalue weighted by molar-refractivity contribution is 0.350. The monoisotopic (exact) mass is 1380 g/mol. The van der Waals surface area contributed by atoms with E-state index < -0.39 is 9.84 Å². The Balaban J connectivity index is 0.000000153. The molecule has 0 fully saturated rings. The summed E-state index contributed by atoms with van der Waals surface area (Å²) in [5.74, 6) is 10.2. The van der Waals surface area contributed by atoms with Gasteiger partial charge in [-0.1, -0.05) is 17.9 Å². The molecule has 0 saturated heterocycles. The van der Waals surface area contributed by atoms with Gasteiger partial charge in [-0.05, 0) is 60.7 Å². The number of aromatic nitrogens is 13. The van der Waals surface area contributed by atoms with Gasteiger partial charge in [-0.3, -0.25) is 29.0 Å². The van der Waals surface area contributed by atoms with Crippen molar-refractivity contribution in [1.29, 1.82) is 0 Å². The first kappa shape index (κ1) is 69.9. The fourth-order valence-electron chi connectivity index (χ4n) is 10.8. The van der Waals surface area contributed by atoms with Gasteiger partial charge in [0.1, 0.15) is 50.9 Å². The van der Waals surface area contributed by atoms with Gasteiger partial charge in [0.2, 0.25) is 5.88 Å². The molecule has 7 aromatic heterocycles. The Morgan fingerprint density at radius 2 is 0.792 bits per heavy atom.